The van der Waals surface area contributed by atoms with E-state index in [-0.39, 0.29) is 23.5 Å². The number of carbonyl (C=O) groups excluding carboxylic acids is 1. The first-order valence-corrected chi connectivity index (χ1v) is 11.8. The largest absolute Gasteiger partial charge is 0.345 e. The summed E-state index contributed by atoms with van der Waals surface area (Å²) in [6.07, 6.45) is 0. The van der Waals surface area contributed by atoms with Gasteiger partial charge in [0.1, 0.15) is 0 Å². The minimum absolute atomic E-state index is 0.0431. The molecule has 7 heteroatoms. The van der Waals surface area contributed by atoms with Gasteiger partial charge in [-0.05, 0) is 50.1 Å². The molecule has 0 saturated carbocycles. The second kappa shape index (κ2) is 8.12. The van der Waals surface area contributed by atoms with Gasteiger partial charge in [-0.25, -0.2) is 8.42 Å². The highest BCUT2D eigenvalue weighted by molar-refractivity contribution is 7.91. The lowest BCUT2D eigenvalue weighted by Crippen LogP contribution is -2.39. The van der Waals surface area contributed by atoms with Crippen molar-refractivity contribution in [1.29, 1.82) is 0 Å². The minimum Gasteiger partial charge on any atom is -0.345 e. The first-order valence-electron chi connectivity index (χ1n) is 9.13. The fourth-order valence-corrected chi connectivity index (χ4v) is 5.71. The van der Waals surface area contributed by atoms with Gasteiger partial charge in [0.15, 0.2) is 9.84 Å². The molecule has 0 aliphatic carbocycles. The van der Waals surface area contributed by atoms with E-state index in [1.165, 1.54) is 9.75 Å². The molecule has 1 aliphatic rings. The molecule has 1 aliphatic heterocycles. The number of rotatable bonds is 5. The molecular weight excluding hydrogens is 380 g/mol. The van der Waals surface area contributed by atoms with Crippen LogP contribution in [0.4, 0.5) is 0 Å². The first-order chi connectivity index (χ1) is 12.7. The Hall–Kier alpha value is -1.70. The highest BCUT2D eigenvalue weighted by Gasteiger charge is 2.22. The second-order valence-corrected chi connectivity index (χ2v) is 11.0. The van der Waals surface area contributed by atoms with Crippen LogP contribution in [-0.4, -0.2) is 43.8 Å². The number of thiophene rings is 1. The van der Waals surface area contributed by atoms with Crippen LogP contribution < -0.4 is 5.32 Å². The van der Waals surface area contributed by atoms with Crippen LogP contribution in [0.1, 0.15) is 44.2 Å². The summed E-state index contributed by atoms with van der Waals surface area (Å²) in [5, 5.41) is 3.08. The smallest absolute Gasteiger partial charge is 0.251 e. The number of hydrogen-bond donors (Lipinski definition) is 1. The lowest BCUT2D eigenvalue weighted by Gasteiger charge is -2.26. The van der Waals surface area contributed by atoms with E-state index in [2.05, 4.69) is 30.1 Å². The number of benzene rings is 1. The maximum Gasteiger partial charge on any atom is 0.251 e. The van der Waals surface area contributed by atoms with Gasteiger partial charge in [0.2, 0.25) is 0 Å². The maximum atomic E-state index is 12.7. The number of amides is 1. The third-order valence-electron chi connectivity index (χ3n) is 4.93. The standard InChI is InChI=1S/C20H26N2O3S2/c1-14-11-19(16(3)26-14)15(2)21-20(23)18-6-4-5-17(12-18)13-22-7-9-27(24,25)10-8-22/h4-6,11-12,15H,7-10,13H2,1-3H3,(H,21,23). The average Bonchev–Trinajstić information content (AvgIpc) is 2.95. The van der Waals surface area contributed by atoms with Crippen molar-refractivity contribution in [3.05, 3.63) is 56.8 Å². The SMILES string of the molecule is Cc1cc(C(C)NC(=O)c2cccc(CN3CCS(=O)(=O)CC3)c2)c(C)s1. The molecular formula is C20H26N2O3S2. The summed E-state index contributed by atoms with van der Waals surface area (Å²) in [5.41, 5.74) is 2.82. The molecule has 1 N–H and O–H groups in total. The summed E-state index contributed by atoms with van der Waals surface area (Å²) >= 11 is 1.74. The normalized spacial score (nSPS) is 18.2. The van der Waals surface area contributed by atoms with Gasteiger partial charge in [0.25, 0.3) is 5.91 Å². The van der Waals surface area contributed by atoms with E-state index in [1.54, 1.807) is 11.3 Å². The molecule has 3 rings (SSSR count). The fourth-order valence-electron chi connectivity index (χ4n) is 3.42. The molecule has 5 nitrogen and oxygen atoms in total. The van der Waals surface area contributed by atoms with Crippen molar-refractivity contribution in [3.8, 4) is 0 Å². The zero-order valence-corrected chi connectivity index (χ0v) is 17.6. The average molecular weight is 407 g/mol. The second-order valence-electron chi connectivity index (χ2n) is 7.19. The van der Waals surface area contributed by atoms with Crippen molar-refractivity contribution in [2.24, 2.45) is 0 Å². The van der Waals surface area contributed by atoms with Crippen LogP contribution >= 0.6 is 11.3 Å². The number of sulfone groups is 1. The van der Waals surface area contributed by atoms with Gasteiger partial charge in [0, 0.05) is 35.0 Å². The molecule has 1 aromatic heterocycles. The predicted molar refractivity (Wildman–Crippen MR) is 110 cm³/mol. The Morgan fingerprint density at radius 2 is 1.93 bits per heavy atom. The summed E-state index contributed by atoms with van der Waals surface area (Å²) in [6.45, 7) is 7.92. The monoisotopic (exact) mass is 406 g/mol. The molecule has 27 heavy (non-hydrogen) atoms. The molecule has 1 saturated heterocycles. The number of aryl methyl sites for hydroxylation is 2. The Morgan fingerprint density at radius 3 is 2.56 bits per heavy atom. The van der Waals surface area contributed by atoms with Gasteiger partial charge in [0.05, 0.1) is 17.5 Å². The first kappa shape index (κ1) is 20.0. The number of carbonyl (C=O) groups is 1. The molecule has 1 unspecified atom stereocenters. The summed E-state index contributed by atoms with van der Waals surface area (Å²) < 4.78 is 23.1. The van der Waals surface area contributed by atoms with Crippen molar-refractivity contribution >= 4 is 27.1 Å². The Bertz CT molecular complexity index is 920. The van der Waals surface area contributed by atoms with Gasteiger partial charge in [-0.2, -0.15) is 0 Å². The van der Waals surface area contributed by atoms with Crippen molar-refractivity contribution in [3.63, 3.8) is 0 Å². The number of nitrogens with zero attached hydrogens (tertiary/aromatic N) is 1. The van der Waals surface area contributed by atoms with Gasteiger partial charge >= 0.3 is 0 Å². The van der Waals surface area contributed by atoms with E-state index >= 15 is 0 Å². The molecule has 0 radical (unpaired) electrons. The van der Waals surface area contributed by atoms with Gasteiger partial charge < -0.3 is 5.32 Å². The van der Waals surface area contributed by atoms with Crippen molar-refractivity contribution in [2.75, 3.05) is 24.6 Å². The Labute approximate surface area is 165 Å². The van der Waals surface area contributed by atoms with Crippen LogP contribution in [0, 0.1) is 13.8 Å². The van der Waals surface area contributed by atoms with Crippen LogP contribution in [0.2, 0.25) is 0 Å². The van der Waals surface area contributed by atoms with Crippen LogP contribution in [0.25, 0.3) is 0 Å². The highest BCUT2D eigenvalue weighted by Crippen LogP contribution is 2.26. The van der Waals surface area contributed by atoms with Crippen LogP contribution in [-0.2, 0) is 16.4 Å². The Morgan fingerprint density at radius 1 is 1.22 bits per heavy atom. The van der Waals surface area contributed by atoms with E-state index in [1.807, 2.05) is 31.2 Å². The summed E-state index contributed by atoms with van der Waals surface area (Å²) in [6, 6.07) is 9.67. The summed E-state index contributed by atoms with van der Waals surface area (Å²) in [5.74, 6) is 0.336. The zero-order valence-electron chi connectivity index (χ0n) is 16.0. The third-order valence-corrected chi connectivity index (χ3v) is 7.52. The van der Waals surface area contributed by atoms with Crippen LogP contribution in [0.15, 0.2) is 30.3 Å². The number of nitrogens with one attached hydrogen (secondary N) is 1. The van der Waals surface area contributed by atoms with Crippen LogP contribution in [0.5, 0.6) is 0 Å². The molecule has 0 spiro atoms. The molecule has 1 amide bonds. The topological polar surface area (TPSA) is 66.5 Å². The maximum absolute atomic E-state index is 12.7. The molecule has 0 bridgehead atoms. The summed E-state index contributed by atoms with van der Waals surface area (Å²) in [7, 11) is -2.88. The van der Waals surface area contributed by atoms with Crippen molar-refractivity contribution in [2.45, 2.75) is 33.4 Å². The van der Waals surface area contributed by atoms with E-state index in [0.717, 1.165) is 11.1 Å². The predicted octanol–water partition coefficient (Wildman–Crippen LogP) is 3.09. The number of hydrogen-bond acceptors (Lipinski definition) is 5. The van der Waals surface area contributed by atoms with Gasteiger partial charge in [-0.15, -0.1) is 11.3 Å². The molecule has 1 atom stereocenters. The van der Waals surface area contributed by atoms with Gasteiger partial charge in [-0.1, -0.05) is 12.1 Å². The molecule has 1 fully saturated rings. The summed E-state index contributed by atoms with van der Waals surface area (Å²) in [4.78, 5) is 17.3. The molecule has 1 aromatic carbocycles. The van der Waals surface area contributed by atoms with E-state index in [4.69, 9.17) is 0 Å². The lowest BCUT2D eigenvalue weighted by molar-refractivity contribution is 0.0939. The van der Waals surface area contributed by atoms with Gasteiger partial charge in [-0.3, -0.25) is 9.69 Å². The van der Waals surface area contributed by atoms with E-state index in [9.17, 15) is 13.2 Å². The Kier molecular flexibility index (Phi) is 6.03. The van der Waals surface area contributed by atoms with Crippen LogP contribution in [0.3, 0.4) is 0 Å². The highest BCUT2D eigenvalue weighted by atomic mass is 32.2. The lowest BCUT2D eigenvalue weighted by atomic mass is 10.1. The van der Waals surface area contributed by atoms with Crippen molar-refractivity contribution < 1.29 is 13.2 Å². The van der Waals surface area contributed by atoms with E-state index in [0.29, 0.717) is 25.2 Å². The third kappa shape index (κ3) is 5.18. The Balaban J connectivity index is 1.64. The molecule has 146 valence electrons. The van der Waals surface area contributed by atoms with E-state index < -0.39 is 9.84 Å². The minimum atomic E-state index is -2.88. The fraction of sp³-hybridized carbons (Fsp3) is 0.450. The molecule has 2 aromatic rings. The molecule has 2 heterocycles. The zero-order chi connectivity index (χ0) is 19.6. The quantitative estimate of drug-likeness (QED) is 0.829. The van der Waals surface area contributed by atoms with Crippen molar-refractivity contribution in [1.82, 2.24) is 10.2 Å².